The summed E-state index contributed by atoms with van der Waals surface area (Å²) in [5.41, 5.74) is 2.51. The average Bonchev–Trinajstić information content (AvgIpc) is 2.92. The van der Waals surface area contributed by atoms with Crippen molar-refractivity contribution in [3.63, 3.8) is 0 Å². The summed E-state index contributed by atoms with van der Waals surface area (Å²) >= 11 is 13.9. The predicted octanol–water partition coefficient (Wildman–Crippen LogP) is 6.69. The van der Waals surface area contributed by atoms with E-state index in [0.717, 1.165) is 24.0 Å². The maximum Gasteiger partial charge on any atom is 0.269 e. The van der Waals surface area contributed by atoms with E-state index < -0.39 is 11.0 Å². The molecule has 10 heteroatoms. The number of non-ortho nitro benzene ring substituents is 1. The number of rotatable bonds is 14. The minimum atomic E-state index is -0.747. The van der Waals surface area contributed by atoms with Gasteiger partial charge in [-0.2, -0.15) is 0 Å². The van der Waals surface area contributed by atoms with Crippen LogP contribution in [0.15, 0.2) is 72.8 Å². The highest BCUT2D eigenvalue weighted by Crippen LogP contribution is 2.25. The van der Waals surface area contributed by atoms with Crippen LogP contribution < -0.4 is 5.32 Å². The van der Waals surface area contributed by atoms with Crippen LogP contribution in [-0.4, -0.2) is 40.0 Å². The number of carbonyl (C=O) groups excluding carboxylic acids is 2. The van der Waals surface area contributed by atoms with Crippen molar-refractivity contribution < 1.29 is 14.5 Å². The predicted molar refractivity (Wildman–Crippen MR) is 158 cm³/mol. The molecule has 0 aliphatic rings. The second kappa shape index (κ2) is 15.5. The quantitative estimate of drug-likeness (QED) is 0.129. The molecule has 39 heavy (non-hydrogen) atoms. The molecule has 0 aliphatic carbocycles. The van der Waals surface area contributed by atoms with Crippen LogP contribution in [0.3, 0.4) is 0 Å². The van der Waals surface area contributed by atoms with E-state index in [1.54, 1.807) is 35.2 Å². The molecule has 0 spiro atoms. The third kappa shape index (κ3) is 9.56. The highest BCUT2D eigenvalue weighted by molar-refractivity contribution is 7.99. The van der Waals surface area contributed by atoms with Crippen molar-refractivity contribution in [3.05, 3.63) is 110 Å². The molecule has 0 aromatic heterocycles. The first-order valence-corrected chi connectivity index (χ1v) is 14.6. The molecular formula is C29H31Cl2N3O4S. The summed E-state index contributed by atoms with van der Waals surface area (Å²) in [5, 5.41) is 14.8. The minimum Gasteiger partial charge on any atom is -0.354 e. The van der Waals surface area contributed by atoms with Crippen molar-refractivity contribution in [2.45, 2.75) is 44.5 Å². The van der Waals surface area contributed by atoms with Crippen molar-refractivity contribution in [2.24, 2.45) is 0 Å². The number of nitro benzene ring substituents is 1. The number of hydrogen-bond acceptors (Lipinski definition) is 5. The maximum absolute atomic E-state index is 13.7. The molecule has 2 amide bonds. The number of nitrogens with one attached hydrogen (secondary N) is 1. The summed E-state index contributed by atoms with van der Waals surface area (Å²) in [7, 11) is 0. The van der Waals surface area contributed by atoms with Crippen LogP contribution >= 0.6 is 35.0 Å². The summed E-state index contributed by atoms with van der Waals surface area (Å²) in [6, 6.07) is 20.2. The number of unbranched alkanes of at least 4 members (excludes halogenated alkanes) is 1. The number of amides is 2. The Balaban J connectivity index is 1.84. The summed E-state index contributed by atoms with van der Waals surface area (Å²) in [6.45, 7) is 2.72. The molecule has 0 unspecified atom stereocenters. The Kier molecular flexibility index (Phi) is 12.1. The van der Waals surface area contributed by atoms with Gasteiger partial charge in [-0.05, 0) is 35.2 Å². The topological polar surface area (TPSA) is 92.6 Å². The molecule has 7 nitrogen and oxygen atoms in total. The van der Waals surface area contributed by atoms with Crippen molar-refractivity contribution >= 4 is 52.5 Å². The Morgan fingerprint density at radius 2 is 1.74 bits per heavy atom. The number of hydrogen-bond donors (Lipinski definition) is 1. The Hall–Kier alpha value is -3.07. The van der Waals surface area contributed by atoms with Gasteiger partial charge < -0.3 is 10.2 Å². The van der Waals surface area contributed by atoms with E-state index in [4.69, 9.17) is 23.2 Å². The summed E-state index contributed by atoms with van der Waals surface area (Å²) in [4.78, 5) is 39.2. The SMILES string of the molecule is CCCCNC(=O)[C@H](Cc1ccccc1)N(Cc1ccc(Cl)cc1Cl)C(=O)CSCc1ccc([N+](=O)[O-])cc1. The van der Waals surface area contributed by atoms with Crippen LogP contribution in [0.4, 0.5) is 5.69 Å². The van der Waals surface area contributed by atoms with Crippen molar-refractivity contribution in [3.8, 4) is 0 Å². The average molecular weight is 589 g/mol. The molecule has 0 heterocycles. The van der Waals surface area contributed by atoms with Gasteiger partial charge >= 0.3 is 0 Å². The van der Waals surface area contributed by atoms with Gasteiger partial charge in [-0.25, -0.2) is 0 Å². The fraction of sp³-hybridized carbons (Fsp3) is 0.310. The molecule has 0 bridgehead atoms. The Labute approximate surface area is 243 Å². The largest absolute Gasteiger partial charge is 0.354 e. The van der Waals surface area contributed by atoms with Crippen LogP contribution in [0, 0.1) is 10.1 Å². The zero-order valence-corrected chi connectivity index (χ0v) is 24.0. The first kappa shape index (κ1) is 30.5. The Bertz CT molecular complexity index is 1260. The maximum atomic E-state index is 13.7. The van der Waals surface area contributed by atoms with Gasteiger partial charge in [-0.15, -0.1) is 11.8 Å². The lowest BCUT2D eigenvalue weighted by molar-refractivity contribution is -0.384. The van der Waals surface area contributed by atoms with Gasteiger partial charge in [-0.3, -0.25) is 19.7 Å². The van der Waals surface area contributed by atoms with Crippen molar-refractivity contribution in [2.75, 3.05) is 12.3 Å². The Morgan fingerprint density at radius 3 is 2.38 bits per heavy atom. The normalized spacial score (nSPS) is 11.6. The molecule has 3 aromatic carbocycles. The van der Waals surface area contributed by atoms with E-state index in [1.165, 1.54) is 23.9 Å². The van der Waals surface area contributed by atoms with E-state index in [9.17, 15) is 19.7 Å². The second-order valence-electron chi connectivity index (χ2n) is 9.02. The minimum absolute atomic E-state index is 0.0173. The first-order chi connectivity index (χ1) is 18.8. The fourth-order valence-corrected chi connectivity index (χ4v) is 5.29. The molecule has 3 rings (SSSR count). The van der Waals surface area contributed by atoms with Crippen LogP contribution in [0.5, 0.6) is 0 Å². The number of halogens is 2. The van der Waals surface area contributed by atoms with Crippen molar-refractivity contribution in [1.29, 1.82) is 0 Å². The highest BCUT2D eigenvalue weighted by Gasteiger charge is 2.30. The van der Waals surface area contributed by atoms with Gasteiger partial charge in [0.2, 0.25) is 11.8 Å². The molecule has 0 aliphatic heterocycles. The van der Waals surface area contributed by atoms with Crippen LogP contribution in [0.25, 0.3) is 0 Å². The molecule has 0 radical (unpaired) electrons. The third-order valence-corrected chi connectivity index (χ3v) is 7.67. The highest BCUT2D eigenvalue weighted by atomic mass is 35.5. The van der Waals surface area contributed by atoms with Crippen LogP contribution in [-0.2, 0) is 28.3 Å². The molecule has 0 saturated carbocycles. The number of nitrogens with zero attached hydrogens (tertiary/aromatic N) is 2. The molecule has 3 aromatic rings. The lowest BCUT2D eigenvalue weighted by Gasteiger charge is -2.32. The lowest BCUT2D eigenvalue weighted by atomic mass is 10.0. The number of thioether (sulfide) groups is 1. The number of benzene rings is 3. The van der Waals surface area contributed by atoms with Gasteiger partial charge in [0.25, 0.3) is 5.69 Å². The fourth-order valence-electron chi connectivity index (χ4n) is 3.95. The molecular weight excluding hydrogens is 557 g/mol. The van der Waals surface area contributed by atoms with Crippen LogP contribution in [0.2, 0.25) is 10.0 Å². The molecule has 1 atom stereocenters. The van der Waals surface area contributed by atoms with Crippen molar-refractivity contribution in [1.82, 2.24) is 10.2 Å². The summed E-state index contributed by atoms with van der Waals surface area (Å²) < 4.78 is 0. The third-order valence-electron chi connectivity index (χ3n) is 6.10. The zero-order valence-electron chi connectivity index (χ0n) is 21.6. The smallest absolute Gasteiger partial charge is 0.269 e. The number of nitro groups is 1. The monoisotopic (exact) mass is 587 g/mol. The van der Waals surface area contributed by atoms with E-state index in [-0.39, 0.29) is 29.8 Å². The van der Waals surface area contributed by atoms with Crippen LogP contribution in [0.1, 0.15) is 36.5 Å². The van der Waals surface area contributed by atoms with Gasteiger partial charge in [0, 0.05) is 47.4 Å². The van der Waals surface area contributed by atoms with E-state index in [0.29, 0.717) is 34.3 Å². The Morgan fingerprint density at radius 1 is 1.03 bits per heavy atom. The van der Waals surface area contributed by atoms with Gasteiger partial charge in [0.05, 0.1) is 10.7 Å². The second-order valence-corrected chi connectivity index (χ2v) is 10.9. The van der Waals surface area contributed by atoms with Gasteiger partial charge in [-0.1, -0.05) is 85.1 Å². The molecule has 0 saturated heterocycles. The number of carbonyl (C=O) groups is 2. The van der Waals surface area contributed by atoms with Gasteiger partial charge in [0.1, 0.15) is 6.04 Å². The van der Waals surface area contributed by atoms with E-state index in [1.807, 2.05) is 37.3 Å². The lowest BCUT2D eigenvalue weighted by Crippen LogP contribution is -2.51. The van der Waals surface area contributed by atoms with Gasteiger partial charge in [0.15, 0.2) is 0 Å². The summed E-state index contributed by atoms with van der Waals surface area (Å²) in [5.74, 6) is 0.187. The standard InChI is InChI=1S/C29H31Cl2N3O4S/c1-2-3-15-32-29(36)27(16-21-7-5-4-6-8-21)33(18-23-11-12-24(30)17-26(23)31)28(35)20-39-19-22-9-13-25(14-10-22)34(37)38/h4-14,17,27H,2-3,15-16,18-20H2,1H3,(H,32,36)/t27-/m0/s1. The molecule has 1 N–H and O–H groups in total. The van der Waals surface area contributed by atoms with E-state index in [2.05, 4.69) is 5.32 Å². The zero-order chi connectivity index (χ0) is 28.2. The molecule has 206 valence electrons. The molecule has 0 fully saturated rings. The first-order valence-electron chi connectivity index (χ1n) is 12.6. The van der Waals surface area contributed by atoms with E-state index >= 15 is 0 Å². The summed E-state index contributed by atoms with van der Waals surface area (Å²) in [6.07, 6.45) is 2.13.